The van der Waals surface area contributed by atoms with E-state index in [9.17, 15) is 14.4 Å². The Kier molecular flexibility index (Phi) is 8.29. The zero-order valence-electron chi connectivity index (χ0n) is 25.7. The van der Waals surface area contributed by atoms with Gasteiger partial charge in [-0.1, -0.05) is 30.3 Å². The molecule has 3 aromatic carbocycles. The van der Waals surface area contributed by atoms with Gasteiger partial charge in [0, 0.05) is 73.5 Å². The summed E-state index contributed by atoms with van der Waals surface area (Å²) in [6.07, 6.45) is 1.02. The number of ether oxygens (including phenoxy) is 1. The average molecular weight is 683 g/mol. The number of piperidine rings is 1. The zero-order chi connectivity index (χ0) is 31.8. The van der Waals surface area contributed by atoms with Crippen LogP contribution in [0.15, 0.2) is 94.2 Å². The number of nitrogens with zero attached hydrogens (tertiary/aromatic N) is 4. The molecular formula is C36H36BrN5O4. The molecule has 2 saturated heterocycles. The summed E-state index contributed by atoms with van der Waals surface area (Å²) in [6, 6.07) is 26.4. The molecule has 9 nitrogen and oxygen atoms in total. The lowest BCUT2D eigenvalue weighted by Gasteiger charge is -2.44. The van der Waals surface area contributed by atoms with Gasteiger partial charge >= 0.3 is 0 Å². The fraction of sp³-hybridized carbons (Fsp3) is 0.306. The molecule has 3 aliphatic heterocycles. The van der Waals surface area contributed by atoms with Crippen LogP contribution in [-0.4, -0.2) is 67.7 Å². The quantitative estimate of drug-likeness (QED) is 0.291. The third-order valence-electron chi connectivity index (χ3n) is 9.42. The highest BCUT2D eigenvalue weighted by Gasteiger charge is 2.35. The van der Waals surface area contributed by atoms with Gasteiger partial charge in [-0.15, -0.1) is 0 Å². The summed E-state index contributed by atoms with van der Waals surface area (Å²) in [7, 11) is 1.67. The highest BCUT2D eigenvalue weighted by Crippen LogP contribution is 2.40. The molecule has 3 aliphatic rings. The average Bonchev–Trinajstić information content (AvgIpc) is 3.08. The number of carbonyl (C=O) groups is 2. The minimum atomic E-state index is -0.252. The van der Waals surface area contributed by atoms with E-state index in [1.54, 1.807) is 19.2 Å². The maximum atomic E-state index is 13.9. The Morgan fingerprint density at radius 1 is 0.826 bits per heavy atom. The van der Waals surface area contributed by atoms with Crippen molar-refractivity contribution in [3.8, 4) is 5.75 Å². The lowest BCUT2D eigenvalue weighted by atomic mass is 9.83. The zero-order valence-corrected chi connectivity index (χ0v) is 27.3. The maximum absolute atomic E-state index is 13.9. The molecule has 0 radical (unpaired) electrons. The van der Waals surface area contributed by atoms with E-state index in [4.69, 9.17) is 4.74 Å². The van der Waals surface area contributed by atoms with E-state index >= 15 is 0 Å². The van der Waals surface area contributed by atoms with E-state index in [0.717, 1.165) is 42.3 Å². The Morgan fingerprint density at radius 3 is 2.41 bits per heavy atom. The van der Waals surface area contributed by atoms with Crippen molar-refractivity contribution in [2.45, 2.75) is 18.9 Å². The number of hydrogen-bond donors (Lipinski definition) is 1. The van der Waals surface area contributed by atoms with Crippen LogP contribution in [0.1, 0.15) is 38.7 Å². The van der Waals surface area contributed by atoms with Gasteiger partial charge in [-0.25, -0.2) is 0 Å². The molecule has 4 heterocycles. The van der Waals surface area contributed by atoms with Crippen LogP contribution in [0.4, 0.5) is 17.1 Å². The molecule has 2 atom stereocenters. The molecule has 10 heteroatoms. The first-order valence-electron chi connectivity index (χ1n) is 15.7. The number of para-hydroxylation sites is 2. The molecule has 0 aliphatic carbocycles. The molecule has 7 rings (SSSR count). The number of benzene rings is 3. The van der Waals surface area contributed by atoms with Crippen molar-refractivity contribution >= 4 is 44.8 Å². The van der Waals surface area contributed by atoms with Crippen molar-refractivity contribution < 1.29 is 14.3 Å². The number of aromatic nitrogens is 1. The molecule has 0 spiro atoms. The van der Waals surface area contributed by atoms with Crippen molar-refractivity contribution in [2.75, 3.05) is 61.5 Å². The second-order valence-corrected chi connectivity index (χ2v) is 13.1. The van der Waals surface area contributed by atoms with Gasteiger partial charge in [-0.2, -0.15) is 0 Å². The topological polar surface area (TPSA) is 87.1 Å². The molecule has 46 heavy (non-hydrogen) atoms. The summed E-state index contributed by atoms with van der Waals surface area (Å²) in [5.74, 6) is 1.01. The molecule has 236 valence electrons. The SMILES string of the molecule is COc1ccccc1N1CCN(C(=O)c2ccc(N3C[C@H]4C[C@@H](C3)c3cccc(=O)n3C4)c(NC(=O)c3ccccc3Br)c2)CC1. The van der Waals surface area contributed by atoms with Gasteiger partial charge in [0.05, 0.1) is 29.7 Å². The number of fused-ring (bicyclic) bond motifs is 4. The Hall–Kier alpha value is -4.57. The van der Waals surface area contributed by atoms with Crippen molar-refractivity contribution in [2.24, 2.45) is 5.92 Å². The number of halogens is 1. The lowest BCUT2D eigenvalue weighted by Crippen LogP contribution is -2.49. The largest absolute Gasteiger partial charge is 0.495 e. The van der Waals surface area contributed by atoms with E-state index in [2.05, 4.69) is 37.1 Å². The molecule has 2 amide bonds. The van der Waals surface area contributed by atoms with Crippen molar-refractivity contribution in [3.63, 3.8) is 0 Å². The summed E-state index contributed by atoms with van der Waals surface area (Å²) >= 11 is 3.51. The number of methoxy groups -OCH3 is 1. The van der Waals surface area contributed by atoms with Crippen LogP contribution < -0.4 is 25.4 Å². The van der Waals surface area contributed by atoms with Crippen LogP contribution in [0.5, 0.6) is 5.75 Å². The minimum absolute atomic E-state index is 0.0497. The summed E-state index contributed by atoms with van der Waals surface area (Å²) in [6.45, 7) is 4.69. The highest BCUT2D eigenvalue weighted by molar-refractivity contribution is 9.10. The van der Waals surface area contributed by atoms with Crippen molar-refractivity contribution in [1.82, 2.24) is 9.47 Å². The molecule has 1 N–H and O–H groups in total. The van der Waals surface area contributed by atoms with E-state index in [1.165, 1.54) is 0 Å². The van der Waals surface area contributed by atoms with Gasteiger partial charge < -0.3 is 29.3 Å². The van der Waals surface area contributed by atoms with Crippen LogP contribution in [-0.2, 0) is 6.54 Å². The van der Waals surface area contributed by atoms with Gasteiger partial charge in [0.15, 0.2) is 0 Å². The standard InChI is InChI=1S/C36H36BrN5O4/c1-46-33-11-5-4-9-32(33)39-15-17-40(18-16-39)36(45)25-13-14-31(29(20-25)38-35(44)27-7-2-3-8-28(27)37)41-21-24-19-26(23-41)30-10-6-12-34(43)42(30)22-24/h2-14,20,24,26H,15-19,21-23H2,1H3,(H,38,44)/t24-,26+/m1/s1. The number of rotatable bonds is 6. The van der Waals surface area contributed by atoms with Gasteiger partial charge in [-0.3, -0.25) is 14.4 Å². The van der Waals surface area contributed by atoms with Gasteiger partial charge in [0.2, 0.25) is 0 Å². The molecule has 0 unspecified atom stereocenters. The first-order valence-corrected chi connectivity index (χ1v) is 16.5. The number of nitrogens with one attached hydrogen (secondary N) is 1. The number of pyridine rings is 1. The fourth-order valence-corrected chi connectivity index (χ4v) is 7.66. The molecule has 2 fully saturated rings. The Balaban J connectivity index is 1.16. The third kappa shape index (κ3) is 5.77. The second kappa shape index (κ2) is 12.7. The molecule has 4 aromatic rings. The van der Waals surface area contributed by atoms with E-state index in [0.29, 0.717) is 59.9 Å². The van der Waals surface area contributed by atoms with Crippen molar-refractivity contribution in [3.05, 3.63) is 117 Å². The Bertz CT molecular complexity index is 1850. The van der Waals surface area contributed by atoms with Gasteiger partial charge in [-0.05, 0) is 76.8 Å². The van der Waals surface area contributed by atoms with Gasteiger partial charge in [0.25, 0.3) is 17.4 Å². The predicted molar refractivity (Wildman–Crippen MR) is 183 cm³/mol. The van der Waals surface area contributed by atoms with E-state index in [1.807, 2.05) is 76.2 Å². The Morgan fingerprint density at radius 2 is 1.61 bits per heavy atom. The fourth-order valence-electron chi connectivity index (χ4n) is 7.20. The Labute approximate surface area is 276 Å². The highest BCUT2D eigenvalue weighted by atomic mass is 79.9. The lowest BCUT2D eigenvalue weighted by molar-refractivity contribution is 0.0746. The normalized spacial score (nSPS) is 19.0. The summed E-state index contributed by atoms with van der Waals surface area (Å²) < 4.78 is 8.17. The van der Waals surface area contributed by atoms with Crippen LogP contribution in [0, 0.1) is 5.92 Å². The van der Waals surface area contributed by atoms with Crippen LogP contribution in [0.25, 0.3) is 0 Å². The van der Waals surface area contributed by atoms with Crippen LogP contribution in [0.2, 0.25) is 0 Å². The molecule has 2 bridgehead atoms. The van der Waals surface area contributed by atoms with Crippen molar-refractivity contribution in [1.29, 1.82) is 0 Å². The first-order chi connectivity index (χ1) is 22.4. The first kappa shape index (κ1) is 30.1. The number of hydrogen-bond acceptors (Lipinski definition) is 6. The summed E-state index contributed by atoms with van der Waals surface area (Å²) in [5, 5.41) is 3.14. The molecule has 0 saturated carbocycles. The predicted octanol–water partition coefficient (Wildman–Crippen LogP) is 5.46. The number of piperazine rings is 1. The second-order valence-electron chi connectivity index (χ2n) is 12.2. The van der Waals surface area contributed by atoms with Crippen LogP contribution in [0.3, 0.4) is 0 Å². The maximum Gasteiger partial charge on any atom is 0.256 e. The van der Waals surface area contributed by atoms with E-state index in [-0.39, 0.29) is 23.3 Å². The molecular weight excluding hydrogens is 646 g/mol. The van der Waals surface area contributed by atoms with E-state index < -0.39 is 0 Å². The molecule has 1 aromatic heterocycles. The van der Waals surface area contributed by atoms with Gasteiger partial charge in [0.1, 0.15) is 5.75 Å². The number of carbonyl (C=O) groups excluding carboxylic acids is 2. The summed E-state index contributed by atoms with van der Waals surface area (Å²) in [5.41, 5.74) is 4.66. The smallest absolute Gasteiger partial charge is 0.256 e. The summed E-state index contributed by atoms with van der Waals surface area (Å²) in [4.78, 5) is 46.4. The number of amides is 2. The number of anilines is 3. The monoisotopic (exact) mass is 681 g/mol. The third-order valence-corrected chi connectivity index (χ3v) is 10.1. The minimum Gasteiger partial charge on any atom is -0.495 e. The van der Waals surface area contributed by atoms with Crippen LogP contribution >= 0.6 is 15.9 Å².